The lowest BCUT2D eigenvalue weighted by molar-refractivity contribution is -0.607. The molecule has 2 aromatic rings. The fourth-order valence-electron chi connectivity index (χ4n) is 1.97. The normalized spacial score (nSPS) is 13.5. The number of aliphatic hydroxyl groups is 1. The van der Waals surface area contributed by atoms with Crippen molar-refractivity contribution in [3.05, 3.63) is 70.7 Å². The van der Waals surface area contributed by atoms with E-state index in [9.17, 15) is 23.9 Å². The summed E-state index contributed by atoms with van der Waals surface area (Å²) in [4.78, 5) is 11.9. The highest BCUT2D eigenvalue weighted by Crippen LogP contribution is 2.23. The Morgan fingerprint density at radius 1 is 1.36 bits per heavy atom. The third kappa shape index (κ3) is 3.37. The van der Waals surface area contributed by atoms with Crippen molar-refractivity contribution in [2.45, 2.75) is 12.5 Å². The van der Waals surface area contributed by atoms with Gasteiger partial charge < -0.3 is 15.6 Å². The molecule has 1 unspecified atom stereocenters. The Kier molecular flexibility index (Phi) is 4.37. The summed E-state index contributed by atoms with van der Waals surface area (Å²) < 4.78 is 27.0. The average molecular weight is 308 g/mol. The van der Waals surface area contributed by atoms with Gasteiger partial charge in [0.1, 0.15) is 17.2 Å². The Morgan fingerprint density at radius 3 is 2.73 bits per heavy atom. The van der Waals surface area contributed by atoms with Gasteiger partial charge in [0.05, 0.1) is 6.54 Å². The fraction of sp³-hybridized carbons (Fsp3) is 0.200. The van der Waals surface area contributed by atoms with Gasteiger partial charge in [-0.25, -0.2) is 8.78 Å². The molecule has 1 amide bonds. The van der Waals surface area contributed by atoms with Crippen LogP contribution in [-0.4, -0.2) is 17.6 Å². The van der Waals surface area contributed by atoms with Crippen LogP contribution in [0.5, 0.6) is 0 Å². The Hall–Kier alpha value is -2.54. The predicted molar refractivity (Wildman–Crippen MR) is 73.7 cm³/mol. The van der Waals surface area contributed by atoms with Crippen molar-refractivity contribution in [1.82, 2.24) is 5.32 Å². The van der Waals surface area contributed by atoms with Gasteiger partial charge in [-0.3, -0.25) is 4.79 Å². The van der Waals surface area contributed by atoms with Gasteiger partial charge in [0, 0.05) is 23.8 Å². The average Bonchev–Trinajstić information content (AvgIpc) is 2.45. The van der Waals surface area contributed by atoms with Crippen molar-refractivity contribution >= 4 is 5.91 Å². The molecule has 2 rings (SSSR count). The van der Waals surface area contributed by atoms with Crippen molar-refractivity contribution in [2.24, 2.45) is 0 Å². The first-order valence-corrected chi connectivity index (χ1v) is 6.45. The number of amides is 1. The van der Waals surface area contributed by atoms with Crippen molar-refractivity contribution < 1.29 is 23.4 Å². The molecule has 1 heterocycles. The van der Waals surface area contributed by atoms with Gasteiger partial charge in [-0.1, -0.05) is 6.07 Å². The first-order chi connectivity index (χ1) is 10.3. The van der Waals surface area contributed by atoms with E-state index in [0.717, 1.165) is 18.3 Å². The predicted octanol–water partition coefficient (Wildman–Crippen LogP) is 1.24. The SMILES string of the molecule is CC(O)(CNC(=O)c1cccc[n+]1[O-])c1ccc(F)cc1F. The summed E-state index contributed by atoms with van der Waals surface area (Å²) in [6.45, 7) is 0.934. The highest BCUT2D eigenvalue weighted by atomic mass is 19.1. The quantitative estimate of drug-likeness (QED) is 0.659. The number of benzene rings is 1. The van der Waals surface area contributed by atoms with Crippen LogP contribution in [-0.2, 0) is 5.60 Å². The number of rotatable bonds is 4. The molecule has 0 saturated carbocycles. The van der Waals surface area contributed by atoms with Crippen molar-refractivity contribution in [3.63, 3.8) is 0 Å². The molecule has 0 radical (unpaired) electrons. The van der Waals surface area contributed by atoms with E-state index in [1.807, 2.05) is 0 Å². The minimum Gasteiger partial charge on any atom is -0.618 e. The maximum absolute atomic E-state index is 13.7. The van der Waals surface area contributed by atoms with Crippen LogP contribution in [0.15, 0.2) is 42.6 Å². The first kappa shape index (κ1) is 15.8. The van der Waals surface area contributed by atoms with Crippen molar-refractivity contribution in [2.75, 3.05) is 6.54 Å². The van der Waals surface area contributed by atoms with E-state index in [0.29, 0.717) is 10.8 Å². The molecule has 116 valence electrons. The van der Waals surface area contributed by atoms with E-state index in [4.69, 9.17) is 0 Å². The molecule has 0 aliphatic heterocycles. The van der Waals surface area contributed by atoms with E-state index in [1.165, 1.54) is 25.1 Å². The lowest BCUT2D eigenvalue weighted by atomic mass is 9.95. The molecule has 1 atom stereocenters. The smallest absolute Gasteiger partial charge is 0.317 e. The van der Waals surface area contributed by atoms with Crippen LogP contribution < -0.4 is 10.0 Å². The molecular weight excluding hydrogens is 294 g/mol. The van der Waals surface area contributed by atoms with Gasteiger partial charge in [-0.05, 0) is 19.1 Å². The van der Waals surface area contributed by atoms with E-state index < -0.39 is 23.1 Å². The number of halogens is 2. The molecule has 0 aliphatic rings. The maximum atomic E-state index is 13.7. The zero-order valence-corrected chi connectivity index (χ0v) is 11.7. The summed E-state index contributed by atoms with van der Waals surface area (Å²) in [5.41, 5.74) is -2.06. The largest absolute Gasteiger partial charge is 0.618 e. The summed E-state index contributed by atoms with van der Waals surface area (Å²) >= 11 is 0. The van der Waals surface area contributed by atoms with E-state index in [1.54, 1.807) is 0 Å². The number of nitrogens with zero attached hydrogens (tertiary/aromatic N) is 1. The van der Waals surface area contributed by atoms with Crippen molar-refractivity contribution in [3.8, 4) is 0 Å². The van der Waals surface area contributed by atoms with Crippen LogP contribution >= 0.6 is 0 Å². The summed E-state index contributed by atoms with van der Waals surface area (Å²) in [5.74, 6) is -2.39. The Balaban J connectivity index is 2.13. The molecule has 0 aliphatic carbocycles. The lowest BCUT2D eigenvalue weighted by Gasteiger charge is -2.24. The highest BCUT2D eigenvalue weighted by molar-refractivity contribution is 5.90. The number of aromatic nitrogens is 1. The highest BCUT2D eigenvalue weighted by Gasteiger charge is 2.28. The van der Waals surface area contributed by atoms with Gasteiger partial charge >= 0.3 is 5.91 Å². The lowest BCUT2D eigenvalue weighted by Crippen LogP contribution is -2.44. The van der Waals surface area contributed by atoms with Gasteiger partial charge in [0.15, 0.2) is 6.20 Å². The van der Waals surface area contributed by atoms with E-state index in [-0.39, 0.29) is 17.8 Å². The monoisotopic (exact) mass is 308 g/mol. The molecule has 0 spiro atoms. The van der Waals surface area contributed by atoms with Crippen LogP contribution in [0.1, 0.15) is 23.0 Å². The second kappa shape index (κ2) is 6.07. The van der Waals surface area contributed by atoms with Crippen LogP contribution in [0, 0.1) is 16.8 Å². The number of nitrogens with one attached hydrogen (secondary N) is 1. The molecule has 7 heteroatoms. The number of carbonyl (C=O) groups is 1. The second-order valence-electron chi connectivity index (χ2n) is 4.99. The Bertz CT molecular complexity index is 705. The summed E-state index contributed by atoms with van der Waals surface area (Å²) in [5, 5.41) is 24.0. The molecule has 2 N–H and O–H groups in total. The Morgan fingerprint density at radius 2 is 2.09 bits per heavy atom. The summed E-state index contributed by atoms with van der Waals surface area (Å²) in [6.07, 6.45) is 1.16. The van der Waals surface area contributed by atoms with Gasteiger partial charge in [-0.2, -0.15) is 4.73 Å². The molecule has 5 nitrogen and oxygen atoms in total. The van der Waals surface area contributed by atoms with Crippen LogP contribution in [0.3, 0.4) is 0 Å². The number of pyridine rings is 1. The Labute approximate surface area is 125 Å². The fourth-order valence-corrected chi connectivity index (χ4v) is 1.97. The summed E-state index contributed by atoms with van der Waals surface area (Å²) in [7, 11) is 0. The first-order valence-electron chi connectivity index (χ1n) is 6.45. The van der Waals surface area contributed by atoms with E-state index in [2.05, 4.69) is 5.32 Å². The van der Waals surface area contributed by atoms with Crippen LogP contribution in [0.2, 0.25) is 0 Å². The number of carbonyl (C=O) groups excluding carboxylic acids is 1. The molecular formula is C15H14F2N2O3. The van der Waals surface area contributed by atoms with E-state index >= 15 is 0 Å². The minimum absolute atomic E-state index is 0.155. The number of hydrogen-bond donors (Lipinski definition) is 2. The topological polar surface area (TPSA) is 76.3 Å². The standard InChI is InChI=1S/C15H14F2N2O3/c1-15(21,11-6-5-10(16)8-12(11)17)9-18-14(20)13-4-2-3-7-19(13)22/h2-8,21H,9H2,1H3,(H,18,20). The second-order valence-corrected chi connectivity index (χ2v) is 4.99. The van der Waals surface area contributed by atoms with Gasteiger partial charge in [0.25, 0.3) is 5.69 Å². The molecule has 0 fully saturated rings. The minimum atomic E-state index is -1.75. The van der Waals surface area contributed by atoms with Crippen LogP contribution in [0.25, 0.3) is 0 Å². The molecule has 0 saturated heterocycles. The molecule has 1 aromatic heterocycles. The maximum Gasteiger partial charge on any atom is 0.317 e. The summed E-state index contributed by atoms with van der Waals surface area (Å²) in [6, 6.07) is 7.06. The zero-order valence-electron chi connectivity index (χ0n) is 11.7. The molecule has 1 aromatic carbocycles. The third-order valence-corrected chi connectivity index (χ3v) is 3.16. The van der Waals surface area contributed by atoms with Crippen molar-refractivity contribution in [1.29, 1.82) is 0 Å². The van der Waals surface area contributed by atoms with Crippen LogP contribution in [0.4, 0.5) is 8.78 Å². The van der Waals surface area contributed by atoms with Gasteiger partial charge in [0.2, 0.25) is 0 Å². The third-order valence-electron chi connectivity index (χ3n) is 3.16. The molecule has 0 bridgehead atoms. The van der Waals surface area contributed by atoms with Gasteiger partial charge in [-0.15, -0.1) is 0 Å². The zero-order chi connectivity index (χ0) is 16.3. The number of hydrogen-bond acceptors (Lipinski definition) is 3. The molecule has 22 heavy (non-hydrogen) atoms.